The summed E-state index contributed by atoms with van der Waals surface area (Å²) < 4.78 is 27.2. The molecule has 0 bridgehead atoms. The molecular formula is C12H5F2NO2S2. The van der Waals surface area contributed by atoms with Crippen molar-refractivity contribution in [1.82, 2.24) is 0 Å². The summed E-state index contributed by atoms with van der Waals surface area (Å²) in [6.45, 7) is 0. The predicted octanol–water partition coefficient (Wildman–Crippen LogP) is 3.75. The summed E-state index contributed by atoms with van der Waals surface area (Å²) in [5, 5.41) is 18.8. The fourth-order valence-corrected chi connectivity index (χ4v) is 3.07. The number of halogens is 2. The molecule has 3 nitrogen and oxygen atoms in total. The Kier molecular flexibility index (Phi) is 3.83. The summed E-state index contributed by atoms with van der Waals surface area (Å²) in [4.78, 5) is 11.0. The Morgan fingerprint density at radius 1 is 1.32 bits per heavy atom. The van der Waals surface area contributed by atoms with Crippen molar-refractivity contribution in [3.05, 3.63) is 45.7 Å². The van der Waals surface area contributed by atoms with Crippen LogP contribution in [0.25, 0.3) is 0 Å². The molecule has 0 unspecified atom stereocenters. The van der Waals surface area contributed by atoms with Gasteiger partial charge in [0.15, 0.2) is 0 Å². The minimum atomic E-state index is -1.09. The van der Waals surface area contributed by atoms with Gasteiger partial charge in [0.2, 0.25) is 0 Å². The molecule has 0 saturated heterocycles. The average Bonchev–Trinajstić information content (AvgIpc) is 2.82. The van der Waals surface area contributed by atoms with Crippen LogP contribution >= 0.6 is 23.1 Å². The van der Waals surface area contributed by atoms with E-state index < -0.39 is 17.6 Å². The molecular weight excluding hydrogens is 292 g/mol. The molecule has 2 rings (SSSR count). The second kappa shape index (κ2) is 5.38. The van der Waals surface area contributed by atoms with Crippen LogP contribution in [0.1, 0.15) is 15.2 Å². The van der Waals surface area contributed by atoms with E-state index >= 15 is 0 Å². The summed E-state index contributed by atoms with van der Waals surface area (Å²) in [5.74, 6) is -2.77. The molecule has 1 heterocycles. The number of carboxylic acids is 1. The Labute approximate surface area is 115 Å². The highest BCUT2D eigenvalue weighted by Gasteiger charge is 2.15. The van der Waals surface area contributed by atoms with Crippen molar-refractivity contribution in [2.45, 2.75) is 9.79 Å². The summed E-state index contributed by atoms with van der Waals surface area (Å²) in [5.41, 5.74) is -0.101. The number of nitriles is 1. The van der Waals surface area contributed by atoms with Gasteiger partial charge in [0.05, 0.1) is 16.5 Å². The van der Waals surface area contributed by atoms with Gasteiger partial charge in [-0.05, 0) is 18.2 Å². The molecule has 2 aromatic rings. The van der Waals surface area contributed by atoms with Crippen LogP contribution in [0, 0.1) is 23.0 Å². The van der Waals surface area contributed by atoms with Crippen LogP contribution < -0.4 is 0 Å². The van der Waals surface area contributed by atoms with E-state index in [2.05, 4.69) is 0 Å². The number of carbonyl (C=O) groups is 1. The predicted molar refractivity (Wildman–Crippen MR) is 66.5 cm³/mol. The van der Waals surface area contributed by atoms with E-state index in [9.17, 15) is 13.6 Å². The van der Waals surface area contributed by atoms with E-state index in [0.29, 0.717) is 4.90 Å². The van der Waals surface area contributed by atoms with Crippen molar-refractivity contribution in [1.29, 1.82) is 5.26 Å². The van der Waals surface area contributed by atoms with Crippen LogP contribution in [-0.2, 0) is 0 Å². The number of thiophene rings is 1. The van der Waals surface area contributed by atoms with Crippen molar-refractivity contribution < 1.29 is 18.7 Å². The van der Waals surface area contributed by atoms with Crippen molar-refractivity contribution in [2.24, 2.45) is 0 Å². The molecule has 0 aliphatic heterocycles. The number of rotatable bonds is 3. The summed E-state index contributed by atoms with van der Waals surface area (Å²) >= 11 is 1.76. The number of aromatic carboxylic acids is 1. The first-order valence-electron chi connectivity index (χ1n) is 4.90. The van der Waals surface area contributed by atoms with Gasteiger partial charge in [0, 0.05) is 10.3 Å². The fourth-order valence-electron chi connectivity index (χ4n) is 1.32. The molecule has 0 aliphatic rings. The normalized spacial score (nSPS) is 10.2. The van der Waals surface area contributed by atoms with Gasteiger partial charge in [0.1, 0.15) is 16.5 Å². The van der Waals surface area contributed by atoms with Gasteiger partial charge in [-0.15, -0.1) is 11.3 Å². The third kappa shape index (κ3) is 2.92. The Hall–Kier alpha value is -1.91. The molecule has 0 fully saturated rings. The Morgan fingerprint density at radius 2 is 1.95 bits per heavy atom. The van der Waals surface area contributed by atoms with E-state index in [1.807, 2.05) is 0 Å². The number of hydrogen-bond donors (Lipinski definition) is 1. The highest BCUT2D eigenvalue weighted by atomic mass is 32.2. The molecule has 1 aromatic heterocycles. The lowest BCUT2D eigenvalue weighted by Gasteiger charge is -2.03. The largest absolute Gasteiger partial charge is 0.477 e. The van der Waals surface area contributed by atoms with Crippen molar-refractivity contribution in [3.8, 4) is 6.07 Å². The first-order valence-corrected chi connectivity index (χ1v) is 6.59. The molecule has 0 saturated carbocycles. The maximum absolute atomic E-state index is 13.6. The zero-order valence-corrected chi connectivity index (χ0v) is 10.8. The van der Waals surface area contributed by atoms with Gasteiger partial charge in [-0.25, -0.2) is 13.6 Å². The minimum Gasteiger partial charge on any atom is -0.477 e. The highest BCUT2D eigenvalue weighted by molar-refractivity contribution is 7.99. The van der Waals surface area contributed by atoms with Crippen LogP contribution in [0.2, 0.25) is 0 Å². The Bertz CT molecular complexity index is 668. The SMILES string of the molecule is N#Cc1cc(F)c(Sc2csc(C(=O)O)c2)c(F)c1. The van der Waals surface area contributed by atoms with Crippen LogP contribution in [-0.4, -0.2) is 11.1 Å². The van der Waals surface area contributed by atoms with Crippen LogP contribution in [0.5, 0.6) is 0 Å². The monoisotopic (exact) mass is 297 g/mol. The lowest BCUT2D eigenvalue weighted by atomic mass is 10.2. The van der Waals surface area contributed by atoms with Crippen molar-refractivity contribution in [2.75, 3.05) is 0 Å². The van der Waals surface area contributed by atoms with Gasteiger partial charge in [-0.2, -0.15) is 5.26 Å². The first kappa shape index (κ1) is 13.5. The topological polar surface area (TPSA) is 61.1 Å². The van der Waals surface area contributed by atoms with E-state index in [1.54, 1.807) is 6.07 Å². The molecule has 19 heavy (non-hydrogen) atoms. The van der Waals surface area contributed by atoms with Gasteiger partial charge < -0.3 is 5.11 Å². The molecule has 0 aliphatic carbocycles. The molecule has 1 aromatic carbocycles. The second-order valence-corrected chi connectivity index (χ2v) is 5.43. The summed E-state index contributed by atoms with van der Waals surface area (Å²) in [6.07, 6.45) is 0. The lowest BCUT2D eigenvalue weighted by Crippen LogP contribution is -1.91. The van der Waals surface area contributed by atoms with Crippen LogP contribution in [0.15, 0.2) is 33.4 Å². The highest BCUT2D eigenvalue weighted by Crippen LogP contribution is 2.35. The second-order valence-electron chi connectivity index (χ2n) is 3.43. The molecule has 1 N–H and O–H groups in total. The van der Waals surface area contributed by atoms with Crippen LogP contribution in [0.3, 0.4) is 0 Å². The Balaban J connectivity index is 2.33. The number of benzene rings is 1. The first-order chi connectivity index (χ1) is 9.01. The fraction of sp³-hybridized carbons (Fsp3) is 0. The molecule has 0 atom stereocenters. The summed E-state index contributed by atoms with van der Waals surface area (Å²) in [6, 6.07) is 4.88. The van der Waals surface area contributed by atoms with E-state index in [0.717, 1.165) is 35.2 Å². The average molecular weight is 297 g/mol. The molecule has 7 heteroatoms. The zero-order valence-electron chi connectivity index (χ0n) is 9.18. The number of nitrogens with zero attached hydrogens (tertiary/aromatic N) is 1. The smallest absolute Gasteiger partial charge is 0.345 e. The number of hydrogen-bond acceptors (Lipinski definition) is 4. The van der Waals surface area contributed by atoms with Crippen molar-refractivity contribution in [3.63, 3.8) is 0 Å². The quantitative estimate of drug-likeness (QED) is 0.937. The lowest BCUT2D eigenvalue weighted by molar-refractivity contribution is 0.0702. The van der Waals surface area contributed by atoms with Gasteiger partial charge in [-0.3, -0.25) is 0 Å². The van der Waals surface area contributed by atoms with E-state index in [1.165, 1.54) is 11.4 Å². The van der Waals surface area contributed by atoms with Gasteiger partial charge >= 0.3 is 5.97 Å². The zero-order chi connectivity index (χ0) is 14.0. The standard InChI is InChI=1S/C12H5F2NO2S2/c13-8-1-6(4-15)2-9(14)11(8)19-7-3-10(12(16)17)18-5-7/h1-3,5H,(H,16,17). The third-order valence-electron chi connectivity index (χ3n) is 2.13. The maximum Gasteiger partial charge on any atom is 0.345 e. The minimum absolute atomic E-state index is 0.0944. The van der Waals surface area contributed by atoms with Gasteiger partial charge in [-0.1, -0.05) is 11.8 Å². The molecule has 96 valence electrons. The van der Waals surface area contributed by atoms with Gasteiger partial charge in [0.25, 0.3) is 0 Å². The maximum atomic E-state index is 13.6. The van der Waals surface area contributed by atoms with E-state index in [-0.39, 0.29) is 15.3 Å². The Morgan fingerprint density at radius 3 is 2.42 bits per heavy atom. The molecule has 0 amide bonds. The third-order valence-corrected chi connectivity index (χ3v) is 4.27. The van der Waals surface area contributed by atoms with E-state index in [4.69, 9.17) is 10.4 Å². The van der Waals surface area contributed by atoms with Crippen molar-refractivity contribution >= 4 is 29.1 Å². The van der Waals surface area contributed by atoms with Crippen LogP contribution in [0.4, 0.5) is 8.78 Å². The summed E-state index contributed by atoms with van der Waals surface area (Å²) in [7, 11) is 0. The number of carboxylic acid groups (broad SMARTS) is 1. The molecule has 0 spiro atoms. The molecule has 0 radical (unpaired) electrons.